The largest absolute Gasteiger partial charge is 0.394 e. The van der Waals surface area contributed by atoms with Gasteiger partial charge < -0.3 is 15.2 Å². The van der Waals surface area contributed by atoms with E-state index >= 15 is 0 Å². The number of nitrogens with one attached hydrogen (secondary N) is 1. The third-order valence-electron chi connectivity index (χ3n) is 1.80. The predicted molar refractivity (Wildman–Crippen MR) is 55.6 cm³/mol. The third kappa shape index (κ3) is 5.42. The van der Waals surface area contributed by atoms with Gasteiger partial charge in [0.1, 0.15) is 19.2 Å². The number of nitrogens with zero attached hydrogens (tertiary/aromatic N) is 3. The maximum Gasteiger partial charge on any atom is 0.241 e. The van der Waals surface area contributed by atoms with Crippen LogP contribution in [0.25, 0.3) is 0 Å². The Morgan fingerprint density at radius 3 is 3.06 bits per heavy atom. The highest BCUT2D eigenvalue weighted by molar-refractivity contribution is 5.75. The van der Waals surface area contributed by atoms with Crippen molar-refractivity contribution in [3.8, 4) is 0 Å². The summed E-state index contributed by atoms with van der Waals surface area (Å²) < 4.78 is 6.50. The highest BCUT2D eigenvalue weighted by Crippen LogP contribution is 1.83. The van der Waals surface area contributed by atoms with E-state index in [2.05, 4.69) is 15.4 Å². The fourth-order valence-corrected chi connectivity index (χ4v) is 1.09. The van der Waals surface area contributed by atoms with Crippen molar-refractivity contribution in [2.24, 2.45) is 0 Å². The van der Waals surface area contributed by atoms with Crippen LogP contribution < -0.4 is 5.32 Å². The summed E-state index contributed by atoms with van der Waals surface area (Å²) in [5.74, 6) is -0.104. The normalized spacial score (nSPS) is 10.3. The zero-order chi connectivity index (χ0) is 11.6. The third-order valence-corrected chi connectivity index (χ3v) is 1.80. The summed E-state index contributed by atoms with van der Waals surface area (Å²) in [7, 11) is 0. The average Bonchev–Trinajstić information content (AvgIpc) is 2.76. The molecule has 0 spiro atoms. The van der Waals surface area contributed by atoms with Gasteiger partial charge in [-0.25, -0.2) is 9.67 Å². The van der Waals surface area contributed by atoms with Gasteiger partial charge in [0.25, 0.3) is 0 Å². The van der Waals surface area contributed by atoms with Crippen LogP contribution in [0, 0.1) is 0 Å². The van der Waals surface area contributed by atoms with Crippen molar-refractivity contribution in [1.29, 1.82) is 0 Å². The van der Waals surface area contributed by atoms with Gasteiger partial charge in [-0.2, -0.15) is 5.10 Å². The first-order valence-corrected chi connectivity index (χ1v) is 5.10. The summed E-state index contributed by atoms with van der Waals surface area (Å²) in [5, 5.41) is 15.0. The van der Waals surface area contributed by atoms with Gasteiger partial charge in [-0.15, -0.1) is 0 Å². The van der Waals surface area contributed by atoms with E-state index in [0.29, 0.717) is 19.8 Å². The van der Waals surface area contributed by atoms with Crippen LogP contribution >= 0.6 is 0 Å². The molecule has 7 heteroatoms. The Hall–Kier alpha value is -1.47. The molecule has 0 saturated carbocycles. The van der Waals surface area contributed by atoms with E-state index in [0.717, 1.165) is 6.42 Å². The topological polar surface area (TPSA) is 89.3 Å². The predicted octanol–water partition coefficient (Wildman–Crippen LogP) is -1.21. The molecule has 0 atom stereocenters. The SMILES string of the molecule is O=C(Cn1cncn1)NCCCOCCO. The van der Waals surface area contributed by atoms with Crippen LogP contribution in [0.3, 0.4) is 0 Å². The second-order valence-corrected chi connectivity index (χ2v) is 3.13. The Morgan fingerprint density at radius 2 is 2.38 bits per heavy atom. The van der Waals surface area contributed by atoms with Gasteiger partial charge >= 0.3 is 0 Å². The standard InChI is InChI=1S/C9H16N4O3/c14-3-5-16-4-1-2-11-9(15)6-13-8-10-7-12-13/h7-8,14H,1-6H2,(H,11,15). The number of ether oxygens (including phenoxy) is 1. The molecule has 1 aromatic rings. The Kier molecular flexibility index (Phi) is 6.12. The van der Waals surface area contributed by atoms with Crippen LogP contribution in [0.2, 0.25) is 0 Å². The highest BCUT2D eigenvalue weighted by Gasteiger charge is 2.01. The van der Waals surface area contributed by atoms with Crippen molar-refractivity contribution in [3.63, 3.8) is 0 Å². The molecular formula is C9H16N4O3. The lowest BCUT2D eigenvalue weighted by Crippen LogP contribution is -2.29. The molecule has 0 fully saturated rings. The molecule has 7 nitrogen and oxygen atoms in total. The first-order valence-electron chi connectivity index (χ1n) is 5.10. The summed E-state index contributed by atoms with van der Waals surface area (Å²) in [5.41, 5.74) is 0. The molecule has 1 amide bonds. The summed E-state index contributed by atoms with van der Waals surface area (Å²) in [4.78, 5) is 15.1. The summed E-state index contributed by atoms with van der Waals surface area (Å²) in [6.07, 6.45) is 3.60. The Balaban J connectivity index is 1.98. The zero-order valence-corrected chi connectivity index (χ0v) is 9.00. The lowest BCUT2D eigenvalue weighted by molar-refractivity contribution is -0.121. The maximum absolute atomic E-state index is 11.3. The van der Waals surface area contributed by atoms with Crippen molar-refractivity contribution in [1.82, 2.24) is 20.1 Å². The van der Waals surface area contributed by atoms with E-state index in [1.54, 1.807) is 0 Å². The first kappa shape index (κ1) is 12.6. The molecule has 0 radical (unpaired) electrons. The van der Waals surface area contributed by atoms with Crippen LogP contribution in [-0.2, 0) is 16.1 Å². The highest BCUT2D eigenvalue weighted by atomic mass is 16.5. The number of aromatic nitrogens is 3. The van der Waals surface area contributed by atoms with E-state index in [1.165, 1.54) is 17.3 Å². The monoisotopic (exact) mass is 228 g/mol. The van der Waals surface area contributed by atoms with Crippen LogP contribution in [0.5, 0.6) is 0 Å². The molecule has 1 heterocycles. The minimum Gasteiger partial charge on any atom is -0.394 e. The second-order valence-electron chi connectivity index (χ2n) is 3.13. The molecule has 0 aliphatic heterocycles. The van der Waals surface area contributed by atoms with Crippen molar-refractivity contribution in [2.45, 2.75) is 13.0 Å². The number of aliphatic hydroxyl groups excluding tert-OH is 1. The van der Waals surface area contributed by atoms with Gasteiger partial charge in [-0.1, -0.05) is 0 Å². The van der Waals surface area contributed by atoms with Crippen molar-refractivity contribution < 1.29 is 14.6 Å². The van der Waals surface area contributed by atoms with E-state index in [9.17, 15) is 4.79 Å². The van der Waals surface area contributed by atoms with Gasteiger partial charge in [0.15, 0.2) is 0 Å². The second kappa shape index (κ2) is 7.77. The number of amides is 1. The van der Waals surface area contributed by atoms with Crippen LogP contribution in [0.4, 0.5) is 0 Å². The van der Waals surface area contributed by atoms with Crippen molar-refractivity contribution >= 4 is 5.91 Å². The summed E-state index contributed by atoms with van der Waals surface area (Å²) in [6.45, 7) is 1.63. The molecule has 0 aromatic carbocycles. The smallest absolute Gasteiger partial charge is 0.241 e. The lowest BCUT2D eigenvalue weighted by atomic mass is 10.4. The number of aliphatic hydroxyl groups is 1. The van der Waals surface area contributed by atoms with Gasteiger partial charge in [-0.3, -0.25) is 4.79 Å². The molecule has 1 aromatic heterocycles. The average molecular weight is 228 g/mol. The molecule has 0 aliphatic carbocycles. The Bertz CT molecular complexity index is 289. The van der Waals surface area contributed by atoms with E-state index < -0.39 is 0 Å². The minimum absolute atomic E-state index is 0.0264. The first-order chi connectivity index (χ1) is 7.83. The fraction of sp³-hybridized carbons (Fsp3) is 0.667. The van der Waals surface area contributed by atoms with Gasteiger partial charge in [0.2, 0.25) is 5.91 Å². The molecule has 0 unspecified atom stereocenters. The van der Waals surface area contributed by atoms with Gasteiger partial charge in [0.05, 0.1) is 13.2 Å². The fourth-order valence-electron chi connectivity index (χ4n) is 1.09. The molecule has 90 valence electrons. The van der Waals surface area contributed by atoms with Crippen molar-refractivity contribution in [2.75, 3.05) is 26.4 Å². The molecule has 0 aliphatic rings. The number of carbonyl (C=O) groups excluding carboxylic acids is 1. The van der Waals surface area contributed by atoms with Crippen LogP contribution in [0.1, 0.15) is 6.42 Å². The van der Waals surface area contributed by atoms with Crippen LogP contribution in [0.15, 0.2) is 12.7 Å². The van der Waals surface area contributed by atoms with E-state index in [-0.39, 0.29) is 19.1 Å². The lowest BCUT2D eigenvalue weighted by Gasteiger charge is -2.05. The zero-order valence-electron chi connectivity index (χ0n) is 9.00. The van der Waals surface area contributed by atoms with E-state index in [1.807, 2.05) is 0 Å². The van der Waals surface area contributed by atoms with Crippen LogP contribution in [-0.4, -0.2) is 52.1 Å². The van der Waals surface area contributed by atoms with Gasteiger partial charge in [0, 0.05) is 13.2 Å². The molecule has 1 rings (SSSR count). The molecular weight excluding hydrogens is 212 g/mol. The Labute approximate surface area is 93.4 Å². The Morgan fingerprint density at radius 1 is 1.50 bits per heavy atom. The molecule has 0 saturated heterocycles. The number of carbonyl (C=O) groups is 1. The molecule has 2 N–H and O–H groups in total. The van der Waals surface area contributed by atoms with Gasteiger partial charge in [-0.05, 0) is 6.42 Å². The molecule has 16 heavy (non-hydrogen) atoms. The molecule has 0 bridgehead atoms. The quantitative estimate of drug-likeness (QED) is 0.545. The maximum atomic E-state index is 11.3. The summed E-state index contributed by atoms with van der Waals surface area (Å²) >= 11 is 0. The number of rotatable bonds is 8. The van der Waals surface area contributed by atoms with E-state index in [4.69, 9.17) is 9.84 Å². The minimum atomic E-state index is -0.104. The summed E-state index contributed by atoms with van der Waals surface area (Å²) in [6, 6.07) is 0. The van der Waals surface area contributed by atoms with Crippen molar-refractivity contribution in [3.05, 3.63) is 12.7 Å². The number of hydrogen-bond acceptors (Lipinski definition) is 5. The number of hydrogen-bond donors (Lipinski definition) is 2.